The average Bonchev–Trinajstić information content (AvgIpc) is 3.40. The number of methoxy groups -OCH3 is 1. The number of hydrogen-bond donors (Lipinski definition) is 4. The lowest BCUT2D eigenvalue weighted by atomic mass is 9.74. The third-order valence-corrected chi connectivity index (χ3v) is 13.5. The molecule has 304 valence electrons. The zero-order valence-corrected chi connectivity index (χ0v) is 34.0. The van der Waals surface area contributed by atoms with Crippen LogP contribution in [0.25, 0.3) is 0 Å². The lowest BCUT2D eigenvalue weighted by molar-refractivity contribution is -0.481. The van der Waals surface area contributed by atoms with E-state index in [4.69, 9.17) is 37.9 Å². The van der Waals surface area contributed by atoms with Crippen molar-refractivity contribution in [3.8, 4) is 0 Å². The minimum Gasteiger partial charge on any atom is -0.387 e. The van der Waals surface area contributed by atoms with Gasteiger partial charge in [0.15, 0.2) is 12.6 Å². The Morgan fingerprint density at radius 3 is 2.08 bits per heavy atom. The first kappa shape index (κ1) is 42.6. The van der Waals surface area contributed by atoms with Crippen LogP contribution in [-0.4, -0.2) is 142 Å². The van der Waals surface area contributed by atoms with E-state index in [0.29, 0.717) is 19.3 Å². The molecule has 5 aliphatic rings. The van der Waals surface area contributed by atoms with Gasteiger partial charge in [0.1, 0.15) is 17.8 Å². The van der Waals surface area contributed by atoms with Gasteiger partial charge in [-0.05, 0) is 72.9 Å². The maximum Gasteiger partial charge on any atom is 0.286 e. The summed E-state index contributed by atoms with van der Waals surface area (Å²) in [6.07, 6.45) is -6.03. The Morgan fingerprint density at radius 2 is 1.48 bits per heavy atom. The van der Waals surface area contributed by atoms with E-state index in [0.717, 1.165) is 13.1 Å². The van der Waals surface area contributed by atoms with Gasteiger partial charge in [0, 0.05) is 31.4 Å². The molecule has 5 rings (SSSR count). The number of hydrogen-bond acceptors (Lipinski definition) is 13. The fourth-order valence-corrected chi connectivity index (χ4v) is 10.4. The van der Waals surface area contributed by atoms with E-state index in [1.54, 1.807) is 21.0 Å². The maximum absolute atomic E-state index is 12.5. The molecular weight excluding hydrogens is 674 g/mol. The molecule has 0 aliphatic carbocycles. The molecule has 0 radical (unpaired) electrons. The molecule has 20 atom stereocenters. The van der Waals surface area contributed by atoms with Crippen LogP contribution in [0.5, 0.6) is 0 Å². The Balaban J connectivity index is 1.62. The van der Waals surface area contributed by atoms with Crippen LogP contribution in [0.2, 0.25) is 0 Å². The second kappa shape index (κ2) is 15.8. The lowest BCUT2D eigenvalue weighted by Gasteiger charge is -2.55. The molecule has 0 saturated carbocycles. The van der Waals surface area contributed by atoms with Crippen LogP contribution in [0.15, 0.2) is 0 Å². The van der Waals surface area contributed by atoms with E-state index in [1.807, 2.05) is 48.5 Å². The van der Waals surface area contributed by atoms with E-state index < -0.39 is 89.9 Å². The fourth-order valence-electron chi connectivity index (χ4n) is 10.4. The lowest BCUT2D eigenvalue weighted by Crippen LogP contribution is -2.69. The predicted octanol–water partition coefficient (Wildman–Crippen LogP) is 3.56. The van der Waals surface area contributed by atoms with E-state index in [1.165, 1.54) is 0 Å². The van der Waals surface area contributed by atoms with Crippen molar-refractivity contribution in [2.24, 2.45) is 23.7 Å². The summed E-state index contributed by atoms with van der Waals surface area (Å²) in [7, 11) is 1.56. The zero-order valence-electron chi connectivity index (χ0n) is 34.0. The Labute approximate surface area is 311 Å². The molecule has 5 heterocycles. The Morgan fingerprint density at radius 1 is 0.827 bits per heavy atom. The molecule has 5 saturated heterocycles. The smallest absolute Gasteiger partial charge is 0.286 e. The molecule has 6 unspecified atom stereocenters. The van der Waals surface area contributed by atoms with Crippen LogP contribution in [-0.2, 0) is 37.9 Å². The van der Waals surface area contributed by atoms with E-state index in [-0.39, 0.29) is 36.5 Å². The Bertz CT molecular complexity index is 1190. The topological polar surface area (TPSA) is 158 Å². The van der Waals surface area contributed by atoms with Crippen LogP contribution in [0.4, 0.5) is 0 Å². The summed E-state index contributed by atoms with van der Waals surface area (Å²) >= 11 is 0. The second-order valence-corrected chi connectivity index (χ2v) is 17.4. The van der Waals surface area contributed by atoms with Crippen molar-refractivity contribution < 1.29 is 58.3 Å². The summed E-state index contributed by atoms with van der Waals surface area (Å²) in [5.41, 5.74) is -3.30. The Hall–Kier alpha value is -0.520. The van der Waals surface area contributed by atoms with Gasteiger partial charge in [0.2, 0.25) is 0 Å². The standard InChI is InChI=1S/C39H71NO12/c1-14-27-38(12,43)34-22(6)30-20(4)18-37(11,51-30)33(49-35-29(41)26(17-21(5)46-35)40(15-2)16-3)23(7)31(24(8)39(44,50-27)52-34)48-28-19-36(10,45-13)32(42)25(9)47-28/h20-35,41-44H,14-19H2,1-13H3/t20-,21?,22-,23-,24+,25?,26?,27+,28-,29?,30?,31-,32-,33+,34+,35-,36?,37-,38+,39-/m0/s1. The monoisotopic (exact) mass is 745 g/mol. The number of nitrogens with zero attached hydrogens (tertiary/aromatic N) is 1. The van der Waals surface area contributed by atoms with Crippen molar-refractivity contribution in [3.63, 3.8) is 0 Å². The number of rotatable bonds is 9. The summed E-state index contributed by atoms with van der Waals surface area (Å²) < 4.78 is 52.5. The first-order valence-electron chi connectivity index (χ1n) is 19.9. The minimum atomic E-state index is -2.17. The highest BCUT2D eigenvalue weighted by Gasteiger charge is 2.64. The van der Waals surface area contributed by atoms with Crippen LogP contribution < -0.4 is 0 Å². The molecular formula is C39H71NO12. The summed E-state index contributed by atoms with van der Waals surface area (Å²) in [5, 5.41) is 47.4. The molecule has 0 amide bonds. The van der Waals surface area contributed by atoms with Gasteiger partial charge >= 0.3 is 0 Å². The summed E-state index contributed by atoms with van der Waals surface area (Å²) in [6.45, 7) is 24.9. The fraction of sp³-hybridized carbons (Fsp3) is 1.00. The third-order valence-electron chi connectivity index (χ3n) is 13.5. The first-order valence-corrected chi connectivity index (χ1v) is 19.9. The molecule has 0 aromatic rings. The van der Waals surface area contributed by atoms with Crippen LogP contribution >= 0.6 is 0 Å². The van der Waals surface area contributed by atoms with Crippen molar-refractivity contribution in [1.29, 1.82) is 0 Å². The van der Waals surface area contributed by atoms with Crippen molar-refractivity contribution in [3.05, 3.63) is 0 Å². The number of ether oxygens (including phenoxy) is 8. The van der Waals surface area contributed by atoms with Crippen molar-refractivity contribution in [1.82, 2.24) is 4.90 Å². The molecule has 0 aromatic heterocycles. The molecule has 5 aliphatic heterocycles. The van der Waals surface area contributed by atoms with Crippen molar-refractivity contribution in [2.75, 3.05) is 20.2 Å². The summed E-state index contributed by atoms with van der Waals surface area (Å²) in [6, 6.07) is -0.165. The van der Waals surface area contributed by atoms with Gasteiger partial charge in [0.25, 0.3) is 5.97 Å². The maximum atomic E-state index is 12.5. The van der Waals surface area contributed by atoms with Gasteiger partial charge < -0.3 is 58.3 Å². The van der Waals surface area contributed by atoms with Crippen LogP contribution in [0.1, 0.15) is 109 Å². The SMILES string of the molecule is CC[C@H]1O[C@]2(O)O[C@H]([C@@H](C)C3O[C@@](C)(C[C@@H]3C)[C@H](O[C@@H]3OC(C)CC(N(CC)CC)C3O)[C@@H](C)[C@H](O[C@H]3CC(C)(OC)[C@@H](O)C(C)O3)[C@H]2C)[C@]1(C)O. The number of likely N-dealkylation sites (N-methyl/N-ethyl adjacent to an activating group) is 1. The molecule has 0 spiro atoms. The Kier molecular flexibility index (Phi) is 12.9. The quantitative estimate of drug-likeness (QED) is 0.272. The van der Waals surface area contributed by atoms with Gasteiger partial charge in [-0.2, -0.15) is 0 Å². The summed E-state index contributed by atoms with van der Waals surface area (Å²) in [4.78, 5) is 2.24. The normalized spacial score (nSPS) is 54.6. The first-order chi connectivity index (χ1) is 24.2. The third kappa shape index (κ3) is 7.63. The zero-order chi connectivity index (χ0) is 38.7. The van der Waals surface area contributed by atoms with Gasteiger partial charge in [-0.25, -0.2) is 0 Å². The molecule has 13 heteroatoms. The highest BCUT2D eigenvalue weighted by atomic mass is 16.8. The molecule has 0 aromatic carbocycles. The largest absolute Gasteiger partial charge is 0.387 e. The minimum absolute atomic E-state index is 0.0240. The molecule has 5 fully saturated rings. The van der Waals surface area contributed by atoms with Gasteiger partial charge in [-0.15, -0.1) is 0 Å². The molecule has 52 heavy (non-hydrogen) atoms. The number of aliphatic hydroxyl groups is 4. The van der Waals surface area contributed by atoms with Crippen molar-refractivity contribution >= 4 is 0 Å². The van der Waals surface area contributed by atoms with Gasteiger partial charge in [-0.3, -0.25) is 4.90 Å². The number of aliphatic hydroxyl groups excluding tert-OH is 2. The number of fused-ring (bicyclic) bond motifs is 4. The molecule has 4 N–H and O–H groups in total. The van der Waals surface area contributed by atoms with Crippen LogP contribution in [0, 0.1) is 23.7 Å². The average molecular weight is 746 g/mol. The van der Waals surface area contributed by atoms with E-state index in [2.05, 4.69) is 25.7 Å². The highest BCUT2D eigenvalue weighted by molar-refractivity contribution is 5.07. The van der Waals surface area contributed by atoms with E-state index in [9.17, 15) is 20.4 Å². The van der Waals surface area contributed by atoms with E-state index >= 15 is 0 Å². The summed E-state index contributed by atoms with van der Waals surface area (Å²) in [5.74, 6) is -3.89. The highest BCUT2D eigenvalue weighted by Crippen LogP contribution is 2.52. The second-order valence-electron chi connectivity index (χ2n) is 17.4. The molecule has 13 nitrogen and oxygen atoms in total. The van der Waals surface area contributed by atoms with Crippen LogP contribution in [0.3, 0.4) is 0 Å². The van der Waals surface area contributed by atoms with Gasteiger partial charge in [-0.1, -0.05) is 48.5 Å². The van der Waals surface area contributed by atoms with Gasteiger partial charge in [0.05, 0.1) is 59.8 Å². The predicted molar refractivity (Wildman–Crippen MR) is 192 cm³/mol. The van der Waals surface area contributed by atoms with Crippen molar-refractivity contribution in [2.45, 2.75) is 205 Å². The molecule has 4 bridgehead atoms.